The van der Waals surface area contributed by atoms with E-state index < -0.39 is 48.1 Å². The Hall–Kier alpha value is -0.980. The molecule has 0 spiro atoms. The fourth-order valence-corrected chi connectivity index (χ4v) is 3.92. The Kier molecular flexibility index (Phi) is 9.39. The Bertz CT molecular complexity index is 493. The molecule has 0 radical (unpaired) electrons. The van der Waals surface area contributed by atoms with Crippen LogP contribution in [0.3, 0.4) is 0 Å². The first-order valence-electron chi connectivity index (χ1n) is 10.3. The number of Topliss-reactive ketones (excluding diaryl/α,β-unsaturated/α-hetero) is 1. The number of carbonyl (C=O) groups is 2. The van der Waals surface area contributed by atoms with Gasteiger partial charge < -0.3 is 20.1 Å². The van der Waals surface area contributed by atoms with Gasteiger partial charge in [0.2, 0.25) is 0 Å². The van der Waals surface area contributed by atoms with Crippen LogP contribution in [0.5, 0.6) is 0 Å². The monoisotopic (exact) mass is 386 g/mol. The molecule has 0 aromatic carbocycles. The summed E-state index contributed by atoms with van der Waals surface area (Å²) < 4.78 is 5.64. The largest absolute Gasteiger partial charge is 0.462 e. The van der Waals surface area contributed by atoms with Crippen LogP contribution in [0, 0.1) is 29.6 Å². The number of aliphatic hydroxyl groups excluding tert-OH is 3. The van der Waals surface area contributed by atoms with E-state index in [9.17, 15) is 24.9 Å². The maximum Gasteiger partial charge on any atom is 0.311 e. The van der Waals surface area contributed by atoms with Gasteiger partial charge in [0.1, 0.15) is 11.9 Å². The fourth-order valence-electron chi connectivity index (χ4n) is 3.92. The van der Waals surface area contributed by atoms with E-state index in [1.165, 1.54) is 0 Å². The number of ketones is 1. The third-order valence-electron chi connectivity index (χ3n) is 6.38. The van der Waals surface area contributed by atoms with Crippen molar-refractivity contribution < 1.29 is 29.6 Å². The molecule has 3 N–H and O–H groups in total. The molecule has 1 heterocycles. The van der Waals surface area contributed by atoms with Gasteiger partial charge in [0.05, 0.1) is 24.2 Å². The second-order valence-electron chi connectivity index (χ2n) is 8.51. The number of ether oxygens (including phenoxy) is 1. The first kappa shape index (κ1) is 24.1. The van der Waals surface area contributed by atoms with Gasteiger partial charge in [0.15, 0.2) is 0 Å². The Morgan fingerprint density at radius 3 is 2.00 bits per heavy atom. The number of hydrogen-bond acceptors (Lipinski definition) is 6. The summed E-state index contributed by atoms with van der Waals surface area (Å²) in [5, 5.41) is 31.8. The number of esters is 1. The molecule has 0 aromatic heterocycles. The molecule has 1 rings (SSSR count). The van der Waals surface area contributed by atoms with E-state index in [2.05, 4.69) is 0 Å². The maximum atomic E-state index is 12.6. The van der Waals surface area contributed by atoms with Crippen LogP contribution >= 0.6 is 0 Å². The summed E-state index contributed by atoms with van der Waals surface area (Å²) in [4.78, 5) is 25.1. The van der Waals surface area contributed by atoms with Crippen LogP contribution in [-0.4, -0.2) is 51.5 Å². The number of aliphatic hydroxyl groups is 3. The molecule has 1 aliphatic heterocycles. The Balaban J connectivity index is 3.16. The van der Waals surface area contributed by atoms with E-state index in [-0.39, 0.29) is 24.0 Å². The van der Waals surface area contributed by atoms with Crippen molar-refractivity contribution in [2.75, 3.05) is 0 Å². The second-order valence-corrected chi connectivity index (χ2v) is 8.51. The van der Waals surface area contributed by atoms with E-state index in [1.54, 1.807) is 27.7 Å². The molecule has 6 heteroatoms. The lowest BCUT2D eigenvalue weighted by Crippen LogP contribution is -2.44. The minimum absolute atomic E-state index is 0.0615. The van der Waals surface area contributed by atoms with Gasteiger partial charge in [-0.05, 0) is 25.7 Å². The first-order valence-corrected chi connectivity index (χ1v) is 10.3. The third kappa shape index (κ3) is 6.00. The van der Waals surface area contributed by atoms with Gasteiger partial charge in [-0.25, -0.2) is 0 Å². The van der Waals surface area contributed by atoms with Crippen molar-refractivity contribution in [1.82, 2.24) is 0 Å². The number of rotatable bonds is 2. The van der Waals surface area contributed by atoms with Gasteiger partial charge in [0.25, 0.3) is 0 Å². The predicted molar refractivity (Wildman–Crippen MR) is 103 cm³/mol. The first-order chi connectivity index (χ1) is 12.5. The van der Waals surface area contributed by atoms with Gasteiger partial charge in [-0.1, -0.05) is 41.0 Å². The summed E-state index contributed by atoms with van der Waals surface area (Å²) >= 11 is 0. The smallest absolute Gasteiger partial charge is 0.311 e. The summed E-state index contributed by atoms with van der Waals surface area (Å²) in [5.74, 6) is -3.07. The van der Waals surface area contributed by atoms with E-state index in [0.717, 1.165) is 6.42 Å². The van der Waals surface area contributed by atoms with Crippen LogP contribution in [0.25, 0.3) is 0 Å². The molecule has 9 atom stereocenters. The molecule has 9 unspecified atom stereocenters. The molecule has 158 valence electrons. The highest BCUT2D eigenvalue weighted by Crippen LogP contribution is 2.29. The lowest BCUT2D eigenvalue weighted by Gasteiger charge is -2.35. The number of hydrogen-bond donors (Lipinski definition) is 3. The zero-order valence-corrected chi connectivity index (χ0v) is 17.6. The zero-order chi connectivity index (χ0) is 20.9. The number of cyclic esters (lactones) is 1. The minimum Gasteiger partial charge on any atom is -0.462 e. The average molecular weight is 387 g/mol. The molecule has 0 amide bonds. The molecular weight excluding hydrogens is 348 g/mol. The molecule has 6 nitrogen and oxygen atoms in total. The second kappa shape index (κ2) is 10.5. The number of carbonyl (C=O) groups excluding carboxylic acids is 2. The molecule has 1 aliphatic rings. The highest BCUT2D eigenvalue weighted by atomic mass is 16.5. The standard InChI is InChI=1S/C21H38O6/c1-7-8-17-13(4)19(24)12(3)16(22)10-9-11(2)18(23)14(5)20(25)15(6)21(26)27-17/h11-15,17-20,23-25H,7-10H2,1-6H3. The van der Waals surface area contributed by atoms with Gasteiger partial charge >= 0.3 is 5.97 Å². The topological polar surface area (TPSA) is 104 Å². The summed E-state index contributed by atoms with van der Waals surface area (Å²) in [7, 11) is 0. The van der Waals surface area contributed by atoms with Crippen LogP contribution < -0.4 is 0 Å². The summed E-state index contributed by atoms with van der Waals surface area (Å²) in [5.41, 5.74) is 0. The Morgan fingerprint density at radius 1 is 0.889 bits per heavy atom. The maximum absolute atomic E-state index is 12.6. The van der Waals surface area contributed by atoms with Crippen LogP contribution in [0.4, 0.5) is 0 Å². The van der Waals surface area contributed by atoms with E-state index in [0.29, 0.717) is 12.8 Å². The fraction of sp³-hybridized carbons (Fsp3) is 0.905. The average Bonchev–Trinajstić information content (AvgIpc) is 2.66. The van der Waals surface area contributed by atoms with Gasteiger partial charge in [-0.15, -0.1) is 0 Å². The zero-order valence-electron chi connectivity index (χ0n) is 17.6. The van der Waals surface area contributed by atoms with Crippen LogP contribution in [-0.2, 0) is 14.3 Å². The van der Waals surface area contributed by atoms with Crippen molar-refractivity contribution in [1.29, 1.82) is 0 Å². The van der Waals surface area contributed by atoms with Gasteiger partial charge in [-0.3, -0.25) is 9.59 Å². The molecule has 0 aliphatic carbocycles. The molecule has 1 saturated heterocycles. The van der Waals surface area contributed by atoms with E-state index >= 15 is 0 Å². The van der Waals surface area contributed by atoms with E-state index in [1.807, 2.05) is 13.8 Å². The molecule has 0 saturated carbocycles. The third-order valence-corrected chi connectivity index (χ3v) is 6.38. The van der Waals surface area contributed by atoms with Crippen molar-refractivity contribution in [3.63, 3.8) is 0 Å². The Morgan fingerprint density at radius 2 is 1.44 bits per heavy atom. The van der Waals surface area contributed by atoms with E-state index in [4.69, 9.17) is 4.74 Å². The summed E-state index contributed by atoms with van der Waals surface area (Å²) in [6.07, 6.45) is -1.25. The minimum atomic E-state index is -1.05. The van der Waals surface area contributed by atoms with Gasteiger partial charge in [0, 0.05) is 24.2 Å². The van der Waals surface area contributed by atoms with Crippen molar-refractivity contribution in [3.05, 3.63) is 0 Å². The summed E-state index contributed by atoms with van der Waals surface area (Å²) in [6, 6.07) is 0. The normalized spacial score (nSPS) is 43.1. The van der Waals surface area contributed by atoms with Crippen LogP contribution in [0.2, 0.25) is 0 Å². The molecule has 1 fully saturated rings. The van der Waals surface area contributed by atoms with Crippen molar-refractivity contribution in [2.45, 2.75) is 91.6 Å². The molecule has 27 heavy (non-hydrogen) atoms. The predicted octanol–water partition coefficient (Wildman–Crippen LogP) is 2.32. The van der Waals surface area contributed by atoms with Crippen molar-refractivity contribution in [3.8, 4) is 0 Å². The Labute approximate surface area is 163 Å². The van der Waals surface area contributed by atoms with Gasteiger partial charge in [-0.2, -0.15) is 0 Å². The van der Waals surface area contributed by atoms with Crippen LogP contribution in [0.15, 0.2) is 0 Å². The molecule has 0 aromatic rings. The van der Waals surface area contributed by atoms with Crippen molar-refractivity contribution in [2.24, 2.45) is 29.6 Å². The SMILES string of the molecule is CCCC1OC(=O)C(C)C(O)C(C)C(O)C(C)CCC(=O)C(C)C(O)C1C. The highest BCUT2D eigenvalue weighted by Gasteiger charge is 2.38. The molecule has 0 bridgehead atoms. The van der Waals surface area contributed by atoms with Crippen molar-refractivity contribution >= 4 is 11.8 Å². The lowest BCUT2D eigenvalue weighted by atomic mass is 9.80. The highest BCUT2D eigenvalue weighted by molar-refractivity contribution is 5.81. The molecular formula is C21H38O6. The van der Waals surface area contributed by atoms with Crippen LogP contribution in [0.1, 0.15) is 67.2 Å². The summed E-state index contributed by atoms with van der Waals surface area (Å²) in [6.45, 7) is 10.6. The quantitative estimate of drug-likeness (QED) is 0.629. The lowest BCUT2D eigenvalue weighted by molar-refractivity contribution is -0.166.